The molecular weight excluding hydrogens is 290 g/mol. The van der Waals surface area contributed by atoms with Crippen molar-refractivity contribution in [2.24, 2.45) is 0 Å². The van der Waals surface area contributed by atoms with Crippen molar-refractivity contribution in [1.29, 1.82) is 0 Å². The maximum atomic E-state index is 13.3. The second-order valence-electron chi connectivity index (χ2n) is 6.07. The third-order valence-electron chi connectivity index (χ3n) is 3.03. The zero-order chi connectivity index (χ0) is 16.5. The smallest absolute Gasteiger partial charge is 0.313 e. The molecule has 22 heavy (non-hydrogen) atoms. The van der Waals surface area contributed by atoms with Crippen LogP contribution in [0.4, 0.5) is 8.78 Å². The van der Waals surface area contributed by atoms with Gasteiger partial charge >= 0.3 is 5.97 Å². The predicted molar refractivity (Wildman–Crippen MR) is 77.7 cm³/mol. The molecule has 0 N–H and O–H groups in total. The van der Waals surface area contributed by atoms with E-state index in [9.17, 15) is 13.6 Å². The topological polar surface area (TPSA) is 44.1 Å². The molecule has 0 aliphatic heterocycles. The molecule has 0 fully saturated rings. The minimum Gasteiger partial charge on any atom is -0.460 e. The number of carbonyl (C=O) groups excluding carboxylic acids is 1. The highest BCUT2D eigenvalue weighted by Gasteiger charge is 2.24. The number of ether oxygens (including phenoxy) is 1. The second kappa shape index (κ2) is 5.87. The van der Waals surface area contributed by atoms with Crippen LogP contribution in [-0.4, -0.2) is 21.4 Å². The van der Waals surface area contributed by atoms with Gasteiger partial charge in [0.2, 0.25) is 0 Å². The molecule has 0 saturated carbocycles. The van der Waals surface area contributed by atoms with Crippen molar-refractivity contribution in [3.63, 3.8) is 0 Å². The van der Waals surface area contributed by atoms with Crippen LogP contribution in [0.15, 0.2) is 30.6 Å². The largest absolute Gasteiger partial charge is 0.460 e. The fraction of sp³-hybridized carbons (Fsp3) is 0.375. The van der Waals surface area contributed by atoms with Gasteiger partial charge in [0.25, 0.3) is 0 Å². The summed E-state index contributed by atoms with van der Waals surface area (Å²) in [6, 6.07) is 3.49. The molecule has 0 spiro atoms. The van der Waals surface area contributed by atoms with Gasteiger partial charge in [-0.2, -0.15) is 5.10 Å². The van der Waals surface area contributed by atoms with Crippen LogP contribution in [-0.2, 0) is 9.53 Å². The summed E-state index contributed by atoms with van der Waals surface area (Å²) < 4.78 is 32.9. The molecular formula is C16H18F2N2O2. The lowest BCUT2D eigenvalue weighted by molar-refractivity contribution is -0.156. The van der Waals surface area contributed by atoms with Crippen LogP contribution in [0.5, 0.6) is 0 Å². The number of aromatic nitrogens is 2. The van der Waals surface area contributed by atoms with Crippen molar-refractivity contribution in [1.82, 2.24) is 9.78 Å². The number of nitrogens with zero attached hydrogens (tertiary/aromatic N) is 2. The van der Waals surface area contributed by atoms with Gasteiger partial charge in [0.05, 0.1) is 17.8 Å². The van der Waals surface area contributed by atoms with Crippen LogP contribution in [0, 0.1) is 11.6 Å². The Morgan fingerprint density at radius 2 is 1.95 bits per heavy atom. The van der Waals surface area contributed by atoms with Gasteiger partial charge in [0.1, 0.15) is 5.60 Å². The predicted octanol–water partition coefficient (Wildman–Crippen LogP) is 3.60. The molecule has 1 heterocycles. The van der Waals surface area contributed by atoms with Gasteiger partial charge < -0.3 is 4.74 Å². The monoisotopic (exact) mass is 308 g/mol. The first-order chi connectivity index (χ1) is 10.2. The third kappa shape index (κ3) is 3.69. The zero-order valence-electron chi connectivity index (χ0n) is 12.9. The van der Waals surface area contributed by atoms with E-state index in [-0.39, 0.29) is 5.97 Å². The highest BCUT2D eigenvalue weighted by atomic mass is 19.2. The van der Waals surface area contributed by atoms with Crippen LogP contribution < -0.4 is 0 Å². The summed E-state index contributed by atoms with van der Waals surface area (Å²) in [5, 5.41) is 4.08. The number of hydrogen-bond donors (Lipinski definition) is 0. The van der Waals surface area contributed by atoms with Crippen LogP contribution >= 0.6 is 0 Å². The molecule has 1 atom stereocenters. The first-order valence-corrected chi connectivity index (χ1v) is 6.90. The Morgan fingerprint density at radius 3 is 2.55 bits per heavy atom. The minimum atomic E-state index is -0.949. The SMILES string of the molecule is CC(C(=O)OC(C)(C)C)c1cnn(-c2ccc(F)c(F)c2)c1. The van der Waals surface area contributed by atoms with Gasteiger partial charge in [-0.05, 0) is 39.8 Å². The first kappa shape index (κ1) is 16.1. The Hall–Kier alpha value is -2.24. The lowest BCUT2D eigenvalue weighted by Crippen LogP contribution is -2.26. The molecule has 0 bridgehead atoms. The number of halogens is 2. The van der Waals surface area contributed by atoms with Gasteiger partial charge in [0, 0.05) is 17.8 Å². The average Bonchev–Trinajstić information content (AvgIpc) is 2.88. The fourth-order valence-corrected chi connectivity index (χ4v) is 1.86. The molecule has 1 unspecified atom stereocenters. The number of benzene rings is 1. The Bertz CT molecular complexity index is 690. The molecule has 0 aliphatic rings. The lowest BCUT2D eigenvalue weighted by Gasteiger charge is -2.21. The summed E-state index contributed by atoms with van der Waals surface area (Å²) in [7, 11) is 0. The number of rotatable bonds is 3. The van der Waals surface area contributed by atoms with E-state index in [1.54, 1.807) is 33.9 Å². The van der Waals surface area contributed by atoms with Crippen molar-refractivity contribution < 1.29 is 18.3 Å². The minimum absolute atomic E-state index is 0.364. The number of carbonyl (C=O) groups is 1. The maximum Gasteiger partial charge on any atom is 0.313 e. The van der Waals surface area contributed by atoms with E-state index in [1.807, 2.05) is 0 Å². The van der Waals surface area contributed by atoms with Gasteiger partial charge in [-0.1, -0.05) is 0 Å². The van der Waals surface area contributed by atoms with Crippen LogP contribution in [0.2, 0.25) is 0 Å². The summed E-state index contributed by atoms with van der Waals surface area (Å²) >= 11 is 0. The van der Waals surface area contributed by atoms with E-state index < -0.39 is 23.2 Å². The fourth-order valence-electron chi connectivity index (χ4n) is 1.86. The van der Waals surface area contributed by atoms with E-state index in [1.165, 1.54) is 16.9 Å². The molecule has 118 valence electrons. The molecule has 6 heteroatoms. The highest BCUT2D eigenvalue weighted by molar-refractivity contribution is 5.77. The van der Waals surface area contributed by atoms with E-state index in [2.05, 4.69) is 5.10 Å². The van der Waals surface area contributed by atoms with Gasteiger partial charge in [0.15, 0.2) is 11.6 Å². The summed E-state index contributed by atoms with van der Waals surface area (Å²) in [6.07, 6.45) is 3.11. The van der Waals surface area contributed by atoms with Crippen molar-refractivity contribution in [2.45, 2.75) is 39.2 Å². The van der Waals surface area contributed by atoms with Crippen LogP contribution in [0.1, 0.15) is 39.2 Å². The molecule has 4 nitrogen and oxygen atoms in total. The molecule has 2 rings (SSSR count). The van der Waals surface area contributed by atoms with Crippen LogP contribution in [0.3, 0.4) is 0 Å². The Labute approximate surface area is 127 Å². The van der Waals surface area contributed by atoms with Crippen molar-refractivity contribution >= 4 is 5.97 Å². The molecule has 1 aromatic heterocycles. The van der Waals surface area contributed by atoms with E-state index in [4.69, 9.17) is 4.74 Å². The molecule has 0 radical (unpaired) electrons. The quantitative estimate of drug-likeness (QED) is 0.814. The summed E-state index contributed by atoms with van der Waals surface area (Å²) in [5.41, 5.74) is 0.446. The Morgan fingerprint density at radius 1 is 1.27 bits per heavy atom. The third-order valence-corrected chi connectivity index (χ3v) is 3.03. The van der Waals surface area contributed by atoms with Gasteiger partial charge in [-0.15, -0.1) is 0 Å². The normalized spacial score (nSPS) is 13.0. The van der Waals surface area contributed by atoms with E-state index in [0.717, 1.165) is 12.1 Å². The number of hydrogen-bond acceptors (Lipinski definition) is 3. The summed E-state index contributed by atoms with van der Waals surface area (Å²) in [5.74, 6) is -2.73. The summed E-state index contributed by atoms with van der Waals surface area (Å²) in [6.45, 7) is 7.09. The standard InChI is InChI=1S/C16H18F2N2O2/c1-10(15(21)22-16(2,3)4)11-8-19-20(9-11)12-5-6-13(17)14(18)7-12/h5-10H,1-4H3. The first-order valence-electron chi connectivity index (χ1n) is 6.90. The summed E-state index contributed by atoms with van der Waals surface area (Å²) in [4.78, 5) is 12.0. The van der Waals surface area contributed by atoms with Gasteiger partial charge in [-0.3, -0.25) is 4.79 Å². The van der Waals surface area contributed by atoms with Gasteiger partial charge in [-0.25, -0.2) is 13.5 Å². The van der Waals surface area contributed by atoms with E-state index >= 15 is 0 Å². The van der Waals surface area contributed by atoms with Crippen molar-refractivity contribution in [3.05, 3.63) is 47.8 Å². The Balaban J connectivity index is 2.20. The second-order valence-corrected chi connectivity index (χ2v) is 6.07. The molecule has 0 aliphatic carbocycles. The van der Waals surface area contributed by atoms with E-state index in [0.29, 0.717) is 11.3 Å². The molecule has 0 amide bonds. The molecule has 2 aromatic rings. The molecule has 0 saturated heterocycles. The zero-order valence-corrected chi connectivity index (χ0v) is 12.9. The lowest BCUT2D eigenvalue weighted by atomic mass is 10.1. The van der Waals surface area contributed by atoms with Crippen molar-refractivity contribution in [2.75, 3.05) is 0 Å². The average molecular weight is 308 g/mol. The maximum absolute atomic E-state index is 13.3. The Kier molecular flexibility index (Phi) is 4.30. The van der Waals surface area contributed by atoms with Crippen LogP contribution in [0.25, 0.3) is 5.69 Å². The highest BCUT2D eigenvalue weighted by Crippen LogP contribution is 2.21. The number of esters is 1. The van der Waals surface area contributed by atoms with Crippen molar-refractivity contribution in [3.8, 4) is 5.69 Å². The molecule has 1 aromatic carbocycles.